The smallest absolute Gasteiger partial charge is 0.234 e. The fourth-order valence-corrected chi connectivity index (χ4v) is 8.17. The zero-order chi connectivity index (χ0) is 45.9. The molecule has 2 rings (SSSR count). The van der Waals surface area contributed by atoms with E-state index in [-0.39, 0.29) is 108 Å². The summed E-state index contributed by atoms with van der Waals surface area (Å²) >= 11 is 4.48. The highest BCUT2D eigenvalue weighted by Crippen LogP contribution is 2.21. The van der Waals surface area contributed by atoms with Crippen molar-refractivity contribution in [2.75, 3.05) is 49.6 Å². The lowest BCUT2D eigenvalue weighted by Crippen LogP contribution is -2.46. The summed E-state index contributed by atoms with van der Waals surface area (Å²) in [4.78, 5) is 95.3. The highest BCUT2D eigenvalue weighted by molar-refractivity contribution is 9.09. The molecule has 12 N–H and O–H groups in total. The first-order valence-electron chi connectivity index (χ1n) is 21.8. The van der Waals surface area contributed by atoms with E-state index in [4.69, 9.17) is 17.2 Å². The van der Waals surface area contributed by atoms with Crippen molar-refractivity contribution in [3.05, 3.63) is 29.8 Å². The maximum absolute atomic E-state index is 14.0. The van der Waals surface area contributed by atoms with Crippen LogP contribution in [0.1, 0.15) is 96.5 Å². The van der Waals surface area contributed by atoms with Crippen LogP contribution in [0.4, 0.5) is 0 Å². The second kappa shape index (κ2) is 30.9. The number of nitrogens with one attached hydrogen (secondary N) is 5. The minimum absolute atomic E-state index is 0.0102. The molecular formula is C43H70BrN9O8S. The van der Waals surface area contributed by atoms with Gasteiger partial charge in [-0.15, -0.1) is 0 Å². The maximum atomic E-state index is 14.0. The van der Waals surface area contributed by atoms with Crippen molar-refractivity contribution in [1.29, 1.82) is 0 Å². The van der Waals surface area contributed by atoms with Gasteiger partial charge in [-0.2, -0.15) is 11.8 Å². The number of benzene rings is 1. The van der Waals surface area contributed by atoms with E-state index in [0.29, 0.717) is 83.2 Å². The number of thioether (sulfide) groups is 1. The number of alkyl halides is 1. The number of unbranched alkanes of at least 4 members (excludes halogenated alkanes) is 1. The minimum atomic E-state index is -0.734. The number of carbonyl (C=O) groups is 7. The van der Waals surface area contributed by atoms with Crippen LogP contribution in [-0.2, 0) is 40.0 Å². The van der Waals surface area contributed by atoms with Crippen LogP contribution < -0.4 is 43.8 Å². The maximum Gasteiger partial charge on any atom is 0.234 e. The van der Waals surface area contributed by atoms with Crippen LogP contribution in [0.2, 0.25) is 0 Å². The van der Waals surface area contributed by atoms with Crippen molar-refractivity contribution in [2.45, 2.75) is 115 Å². The third-order valence-electron chi connectivity index (χ3n) is 11.1. The lowest BCUT2D eigenvalue weighted by atomic mass is 9.87. The first-order valence-corrected chi connectivity index (χ1v) is 24.0. The fraction of sp³-hybridized carbons (Fsp3) is 0.674. The number of rotatable bonds is 22. The second-order valence-electron chi connectivity index (χ2n) is 16.0. The molecule has 1 aliphatic rings. The number of primary amides is 1. The van der Waals surface area contributed by atoms with E-state index in [1.807, 2.05) is 13.8 Å². The number of phenols is 1. The molecule has 1 aliphatic heterocycles. The van der Waals surface area contributed by atoms with Gasteiger partial charge in [0.2, 0.25) is 23.6 Å². The second-order valence-corrected chi connectivity index (χ2v) is 17.7. The van der Waals surface area contributed by atoms with E-state index < -0.39 is 30.0 Å². The van der Waals surface area contributed by atoms with Gasteiger partial charge in [0.05, 0.1) is 35.8 Å². The fourth-order valence-electron chi connectivity index (χ4n) is 7.14. The highest BCUT2D eigenvalue weighted by atomic mass is 79.9. The number of aromatic hydroxyl groups is 1. The monoisotopic (exact) mass is 951 g/mol. The number of guanidine groups is 1. The third kappa shape index (κ3) is 22.9. The standard InChI is InChI=1S/C43H70BrN9O8S/c1-3-28(2)41-36(56)16-12-31(8-4-5-19-48-39(59)24-44)37(57)26-52-33(18-22-62-27-40(60)49-21-17-38(58)53-41)35(55)15-11-30(7-6-20-50-43(46)47)25-51-34(42(45)61)23-29-9-13-32(54)14-10-29/h9-10,13-14,28,30-31,33-34,41,51-52,54H,3-8,11-12,15-27H2,1-2H3,(H2,45,61)(H,48,59)(H,49,60)(H,53,58)(H4,46,47,50)/t28-,30+,31+,33-,34-,41-/m0/s1. The molecule has 0 aliphatic carbocycles. The molecule has 0 aromatic heterocycles. The largest absolute Gasteiger partial charge is 0.508 e. The molecule has 0 saturated carbocycles. The number of carbonyl (C=O) groups excluding carboxylic acids is 7. The minimum Gasteiger partial charge on any atom is -0.508 e. The average molecular weight is 953 g/mol. The van der Waals surface area contributed by atoms with Crippen LogP contribution >= 0.6 is 27.7 Å². The molecule has 1 saturated heterocycles. The Morgan fingerprint density at radius 1 is 0.984 bits per heavy atom. The van der Waals surface area contributed by atoms with E-state index in [1.165, 1.54) is 11.8 Å². The number of hydrogen-bond acceptors (Lipinski definition) is 12. The summed E-state index contributed by atoms with van der Waals surface area (Å²) in [5, 5.41) is 24.8. The molecule has 1 aromatic rings. The van der Waals surface area contributed by atoms with Gasteiger partial charge >= 0.3 is 0 Å². The van der Waals surface area contributed by atoms with Crippen LogP contribution in [0.5, 0.6) is 5.75 Å². The average Bonchev–Trinajstić information content (AvgIpc) is 3.24. The molecule has 1 fully saturated rings. The molecule has 6 atom stereocenters. The number of phenolic OH excluding ortho intramolecular Hbond substituents is 1. The van der Waals surface area contributed by atoms with E-state index in [2.05, 4.69) is 47.5 Å². The van der Waals surface area contributed by atoms with Gasteiger partial charge in [0.15, 0.2) is 11.7 Å². The van der Waals surface area contributed by atoms with Gasteiger partial charge in [-0.3, -0.25) is 38.6 Å². The summed E-state index contributed by atoms with van der Waals surface area (Å²) in [6.45, 7) is 5.05. The summed E-state index contributed by atoms with van der Waals surface area (Å²) < 4.78 is 0. The topological polar surface area (TPSA) is 290 Å². The third-order valence-corrected chi connectivity index (χ3v) is 12.6. The predicted molar refractivity (Wildman–Crippen MR) is 247 cm³/mol. The predicted octanol–water partition coefficient (Wildman–Crippen LogP) is 1.75. The van der Waals surface area contributed by atoms with Gasteiger partial charge in [0, 0.05) is 44.8 Å². The highest BCUT2D eigenvalue weighted by Gasteiger charge is 2.29. The van der Waals surface area contributed by atoms with Gasteiger partial charge in [-0.25, -0.2) is 0 Å². The number of hydrogen-bond donors (Lipinski definition) is 9. The number of nitrogens with two attached hydrogens (primary N) is 3. The lowest BCUT2D eigenvalue weighted by molar-refractivity contribution is -0.130. The number of Topliss-reactive ketones (excluding diaryl/α,β-unsaturated/α-hetero) is 3. The van der Waals surface area contributed by atoms with Crippen molar-refractivity contribution in [3.63, 3.8) is 0 Å². The number of nitrogens with zero attached hydrogens (tertiary/aromatic N) is 1. The lowest BCUT2D eigenvalue weighted by Gasteiger charge is -2.25. The van der Waals surface area contributed by atoms with E-state index in [9.17, 15) is 38.7 Å². The van der Waals surface area contributed by atoms with E-state index in [1.54, 1.807) is 24.3 Å². The van der Waals surface area contributed by atoms with Crippen LogP contribution in [0.15, 0.2) is 29.3 Å². The van der Waals surface area contributed by atoms with Crippen molar-refractivity contribution < 1.29 is 38.7 Å². The van der Waals surface area contributed by atoms with Crippen LogP contribution in [-0.4, -0.2) is 120 Å². The van der Waals surface area contributed by atoms with Crippen molar-refractivity contribution in [3.8, 4) is 5.75 Å². The molecule has 0 radical (unpaired) electrons. The number of aliphatic imine (C=N–C) groups is 1. The molecule has 0 spiro atoms. The Balaban J connectivity index is 2.27. The molecule has 17 nitrogen and oxygen atoms in total. The Hall–Kier alpha value is -4.07. The molecule has 4 amide bonds. The Labute approximate surface area is 379 Å². The zero-order valence-corrected chi connectivity index (χ0v) is 38.8. The number of amides is 4. The quantitative estimate of drug-likeness (QED) is 0.0347. The van der Waals surface area contributed by atoms with Crippen molar-refractivity contribution in [2.24, 2.45) is 39.9 Å². The van der Waals surface area contributed by atoms with E-state index in [0.717, 1.165) is 5.56 Å². The van der Waals surface area contributed by atoms with Crippen LogP contribution in [0.3, 0.4) is 0 Å². The van der Waals surface area contributed by atoms with Gasteiger partial charge in [-0.05, 0) is 93.2 Å². The first kappa shape index (κ1) is 54.1. The molecule has 62 heavy (non-hydrogen) atoms. The summed E-state index contributed by atoms with van der Waals surface area (Å²) in [5.41, 5.74) is 17.6. The molecule has 0 bridgehead atoms. The SMILES string of the molecule is CC[C@H](C)[C@@H]1NC(=O)CCNC(=O)CSCC[C@@H](C(=O)CC[C@@H](CCCN=C(N)N)CN[C@@H](Cc2ccc(O)cc2)C(N)=O)NCC(=O)[C@H](CCCCNC(=O)CBr)CCC1=O. The van der Waals surface area contributed by atoms with E-state index >= 15 is 0 Å². The van der Waals surface area contributed by atoms with Gasteiger partial charge in [-0.1, -0.05) is 54.8 Å². The molecule has 348 valence electrons. The normalized spacial score (nSPS) is 20.3. The molecule has 0 unspecified atom stereocenters. The zero-order valence-electron chi connectivity index (χ0n) is 36.4. The molecule has 1 heterocycles. The molecular weight excluding hydrogens is 882 g/mol. The summed E-state index contributed by atoms with van der Waals surface area (Å²) in [6.07, 6.45) is 5.30. The van der Waals surface area contributed by atoms with Gasteiger partial charge in [0.1, 0.15) is 17.3 Å². The number of ketones is 3. The van der Waals surface area contributed by atoms with Crippen molar-refractivity contribution >= 4 is 74.6 Å². The Bertz CT molecular complexity index is 1620. The number of halogens is 1. The molecule has 1 aromatic carbocycles. The molecule has 19 heteroatoms. The summed E-state index contributed by atoms with van der Waals surface area (Å²) in [5.74, 6) is -1.74. The Morgan fingerprint density at radius 3 is 2.40 bits per heavy atom. The van der Waals surface area contributed by atoms with Gasteiger partial charge < -0.3 is 48.9 Å². The first-order chi connectivity index (χ1) is 29.6. The Morgan fingerprint density at radius 2 is 1.73 bits per heavy atom. The van der Waals surface area contributed by atoms with Crippen LogP contribution in [0, 0.1) is 17.8 Å². The summed E-state index contributed by atoms with van der Waals surface area (Å²) in [6, 6.07) is 4.40. The van der Waals surface area contributed by atoms with Gasteiger partial charge in [0.25, 0.3) is 0 Å². The summed E-state index contributed by atoms with van der Waals surface area (Å²) in [7, 11) is 0. The van der Waals surface area contributed by atoms with Crippen molar-refractivity contribution in [1.82, 2.24) is 26.6 Å². The van der Waals surface area contributed by atoms with Crippen LogP contribution in [0.25, 0.3) is 0 Å². The Kier molecular flexibility index (Phi) is 26.9.